The Morgan fingerprint density at radius 1 is 1.05 bits per heavy atom. The predicted molar refractivity (Wildman–Crippen MR) is 163 cm³/mol. The number of carbonyl (C=O) groups is 3. The lowest BCUT2D eigenvalue weighted by molar-refractivity contribution is -0.150. The summed E-state index contributed by atoms with van der Waals surface area (Å²) in [6.07, 6.45) is 4.20. The highest BCUT2D eigenvalue weighted by Crippen LogP contribution is 2.59. The number of rotatable bonds is 13. The van der Waals surface area contributed by atoms with E-state index in [9.17, 15) is 19.5 Å². The van der Waals surface area contributed by atoms with Crippen LogP contribution in [0.25, 0.3) is 11.0 Å². The maximum atomic E-state index is 14.6. The number of hydrogen-bond acceptors (Lipinski definition) is 7. The summed E-state index contributed by atoms with van der Waals surface area (Å²) >= 11 is 0. The van der Waals surface area contributed by atoms with Crippen LogP contribution >= 0.6 is 0 Å². The molecular weight excluding hydrogens is 560 g/mol. The number of fused-ring (bicyclic) bond motifs is 2. The van der Waals surface area contributed by atoms with Crippen LogP contribution in [0.1, 0.15) is 24.8 Å². The van der Waals surface area contributed by atoms with E-state index in [1.54, 1.807) is 26.6 Å². The van der Waals surface area contributed by atoms with Crippen LogP contribution in [-0.2, 0) is 32.3 Å². The van der Waals surface area contributed by atoms with Crippen LogP contribution in [0.2, 0.25) is 0 Å². The molecule has 2 aromatic carbocycles. The number of amides is 3. The molecule has 11 nitrogen and oxygen atoms in total. The maximum Gasteiger partial charge on any atom is 0.250 e. The number of para-hydroxylation sites is 1. The van der Waals surface area contributed by atoms with Gasteiger partial charge in [-0.1, -0.05) is 59.8 Å². The fourth-order valence-electron chi connectivity index (χ4n) is 7.33. The Kier molecular flexibility index (Phi) is 8.33. The highest BCUT2D eigenvalue weighted by molar-refractivity contribution is 5.99. The monoisotopic (exact) mass is 598 g/mol. The minimum absolute atomic E-state index is 0.0978. The van der Waals surface area contributed by atoms with Crippen molar-refractivity contribution in [3.63, 3.8) is 0 Å². The molecule has 6 rings (SSSR count). The average Bonchev–Trinajstić information content (AvgIpc) is 3.79. The van der Waals surface area contributed by atoms with Gasteiger partial charge in [0.1, 0.15) is 23.8 Å². The summed E-state index contributed by atoms with van der Waals surface area (Å²) in [6.45, 7) is 8.75. The molecule has 230 valence electrons. The van der Waals surface area contributed by atoms with E-state index in [0.717, 1.165) is 11.1 Å². The van der Waals surface area contributed by atoms with E-state index in [0.29, 0.717) is 37.9 Å². The van der Waals surface area contributed by atoms with Gasteiger partial charge in [0.15, 0.2) is 0 Å². The summed E-state index contributed by atoms with van der Waals surface area (Å²) in [5.41, 5.74) is 1.30. The lowest BCUT2D eigenvalue weighted by Crippen LogP contribution is -2.56. The van der Waals surface area contributed by atoms with Gasteiger partial charge in [-0.2, -0.15) is 0 Å². The lowest BCUT2D eigenvalue weighted by Gasteiger charge is -2.36. The van der Waals surface area contributed by atoms with Crippen molar-refractivity contribution in [2.24, 2.45) is 11.8 Å². The van der Waals surface area contributed by atoms with Crippen LogP contribution in [0.4, 0.5) is 0 Å². The second-order valence-electron chi connectivity index (χ2n) is 11.7. The third-order valence-electron chi connectivity index (χ3n) is 9.14. The van der Waals surface area contributed by atoms with Gasteiger partial charge in [-0.15, -0.1) is 18.3 Å². The van der Waals surface area contributed by atoms with Gasteiger partial charge in [0.2, 0.25) is 17.7 Å². The topological polar surface area (TPSA) is 121 Å². The van der Waals surface area contributed by atoms with Crippen LogP contribution in [0.3, 0.4) is 0 Å². The summed E-state index contributed by atoms with van der Waals surface area (Å²) in [6, 6.07) is 16.2. The number of aliphatic hydroxyl groups is 1. The number of aromatic nitrogens is 3. The van der Waals surface area contributed by atoms with Gasteiger partial charge >= 0.3 is 0 Å². The van der Waals surface area contributed by atoms with Crippen LogP contribution in [0, 0.1) is 11.8 Å². The molecule has 44 heavy (non-hydrogen) atoms. The van der Waals surface area contributed by atoms with Crippen LogP contribution in [0.15, 0.2) is 79.9 Å². The summed E-state index contributed by atoms with van der Waals surface area (Å²) < 4.78 is 8.29. The molecule has 1 N–H and O–H groups in total. The van der Waals surface area contributed by atoms with Crippen molar-refractivity contribution in [3.8, 4) is 0 Å². The lowest BCUT2D eigenvalue weighted by atomic mass is 9.70. The molecule has 0 aliphatic carbocycles. The van der Waals surface area contributed by atoms with Crippen molar-refractivity contribution in [3.05, 3.63) is 85.5 Å². The fraction of sp³-hybridized carbons (Fsp3) is 0.424. The predicted octanol–water partition coefficient (Wildman–Crippen LogP) is 2.38. The van der Waals surface area contributed by atoms with Crippen molar-refractivity contribution in [2.45, 2.75) is 50.2 Å². The van der Waals surface area contributed by atoms with Crippen molar-refractivity contribution in [1.29, 1.82) is 0 Å². The molecule has 1 aromatic heterocycles. The Labute approximate surface area is 256 Å². The molecule has 2 unspecified atom stereocenters. The molecule has 11 heteroatoms. The van der Waals surface area contributed by atoms with Crippen LogP contribution in [0.5, 0.6) is 0 Å². The molecule has 3 aliphatic rings. The van der Waals surface area contributed by atoms with E-state index in [2.05, 4.69) is 23.5 Å². The Morgan fingerprint density at radius 3 is 2.52 bits per heavy atom. The zero-order valence-electron chi connectivity index (χ0n) is 24.7. The van der Waals surface area contributed by atoms with Crippen molar-refractivity contribution < 1.29 is 24.2 Å². The highest BCUT2D eigenvalue weighted by atomic mass is 16.5. The third-order valence-corrected chi connectivity index (χ3v) is 9.14. The summed E-state index contributed by atoms with van der Waals surface area (Å²) in [5, 5.41) is 18.2. The van der Waals surface area contributed by atoms with E-state index in [-0.39, 0.29) is 44.1 Å². The number of benzene rings is 2. The molecule has 4 heterocycles. The molecule has 2 bridgehead atoms. The summed E-state index contributed by atoms with van der Waals surface area (Å²) in [7, 11) is 0. The number of aliphatic hydroxyl groups excluding tert-OH is 1. The van der Waals surface area contributed by atoms with Gasteiger partial charge in [0.25, 0.3) is 0 Å². The van der Waals surface area contributed by atoms with Gasteiger partial charge in [-0.25, -0.2) is 4.68 Å². The van der Waals surface area contributed by atoms with E-state index in [1.165, 1.54) is 4.90 Å². The molecular formula is C33H38N6O5. The number of likely N-dealkylation sites (tertiary alicyclic amines) is 1. The number of carbonyl (C=O) groups excluding carboxylic acids is 3. The Balaban J connectivity index is 1.33. The Morgan fingerprint density at radius 2 is 1.77 bits per heavy atom. The molecule has 3 saturated heterocycles. The Bertz CT molecular complexity index is 1560. The van der Waals surface area contributed by atoms with Crippen LogP contribution < -0.4 is 0 Å². The zero-order chi connectivity index (χ0) is 30.8. The molecule has 3 aliphatic heterocycles. The molecule has 0 saturated carbocycles. The largest absolute Gasteiger partial charge is 0.396 e. The standard InChI is InChI=1S/C33H38N6O5/c1-3-17-36(21-23-11-6-5-7-12-23)30(41)27-26-15-16-33(44-26)28(27)31(42)38(19-10-20-40)29(33)32(43)37(18-4-2)22-39-25-14-9-8-13-24(25)34-35-39/h3-9,11-14,26-29,40H,1-2,10,15-22H2/t26-,27+,28+,29?,33?/m1/s1. The van der Waals surface area contributed by atoms with Gasteiger partial charge in [0, 0.05) is 32.8 Å². The van der Waals surface area contributed by atoms with E-state index >= 15 is 0 Å². The van der Waals surface area contributed by atoms with E-state index < -0.39 is 29.6 Å². The quantitative estimate of drug-likeness (QED) is 0.300. The molecule has 3 aromatic rings. The normalized spacial score (nSPS) is 25.3. The van der Waals surface area contributed by atoms with Gasteiger partial charge in [-0.05, 0) is 37.0 Å². The second kappa shape index (κ2) is 12.3. The molecule has 3 amide bonds. The number of nitrogens with zero attached hydrogens (tertiary/aromatic N) is 6. The van der Waals surface area contributed by atoms with Crippen LogP contribution in [-0.4, -0.2) is 96.5 Å². The fourth-order valence-corrected chi connectivity index (χ4v) is 7.33. The van der Waals surface area contributed by atoms with Gasteiger partial charge in [0.05, 0.1) is 23.5 Å². The van der Waals surface area contributed by atoms with Crippen molar-refractivity contribution in [2.75, 3.05) is 26.2 Å². The van der Waals surface area contributed by atoms with Gasteiger partial charge < -0.3 is 24.5 Å². The summed E-state index contributed by atoms with van der Waals surface area (Å²) in [5.74, 6) is -2.28. The van der Waals surface area contributed by atoms with E-state index in [1.807, 2.05) is 54.6 Å². The third kappa shape index (κ3) is 4.99. The molecule has 1 spiro atoms. The van der Waals surface area contributed by atoms with Crippen molar-refractivity contribution >= 4 is 28.8 Å². The SMILES string of the molecule is C=CCN(Cn1nnc2ccccc21)C(=O)C1N(CCCO)C(=O)[C@@H]2[C@@H](C(=O)N(CC=C)Cc3ccccc3)[C@H]3CCC12O3. The minimum atomic E-state index is -1.15. The van der Waals surface area contributed by atoms with Crippen molar-refractivity contribution in [1.82, 2.24) is 29.7 Å². The molecule has 5 atom stereocenters. The first kappa shape index (κ1) is 29.7. The molecule has 0 radical (unpaired) electrons. The first-order chi connectivity index (χ1) is 21.4. The van der Waals surface area contributed by atoms with E-state index in [4.69, 9.17) is 4.74 Å². The second-order valence-corrected chi connectivity index (χ2v) is 11.7. The number of ether oxygens (including phenoxy) is 1. The minimum Gasteiger partial charge on any atom is -0.396 e. The maximum absolute atomic E-state index is 14.6. The highest BCUT2D eigenvalue weighted by Gasteiger charge is 2.74. The first-order valence-electron chi connectivity index (χ1n) is 15.1. The molecule has 3 fully saturated rings. The average molecular weight is 599 g/mol. The summed E-state index contributed by atoms with van der Waals surface area (Å²) in [4.78, 5) is 47.9. The van der Waals surface area contributed by atoms with Gasteiger partial charge in [-0.3, -0.25) is 14.4 Å². The zero-order valence-corrected chi connectivity index (χ0v) is 24.7. The number of hydrogen-bond donors (Lipinski definition) is 1. The Hall–Kier alpha value is -4.35. The first-order valence-corrected chi connectivity index (χ1v) is 15.1. The smallest absolute Gasteiger partial charge is 0.250 e.